The van der Waals surface area contributed by atoms with Crippen molar-refractivity contribution in [2.45, 2.75) is 53.4 Å². The second-order valence-electron chi connectivity index (χ2n) is 11.2. The number of hydrogen-bond donors (Lipinski definition) is 1. The van der Waals surface area contributed by atoms with Crippen molar-refractivity contribution in [1.29, 1.82) is 0 Å². The molecule has 0 saturated carbocycles. The van der Waals surface area contributed by atoms with Crippen LogP contribution in [0.3, 0.4) is 0 Å². The first-order chi connectivity index (χ1) is 22.6. The highest BCUT2D eigenvalue weighted by Gasteiger charge is 2.26. The molecule has 2 atom stereocenters. The number of Topliss-reactive ketones (excluding diaryl/α,β-unsaturated/α-hetero) is 2. The van der Waals surface area contributed by atoms with Crippen LogP contribution in [0.4, 0.5) is 15.3 Å². The van der Waals surface area contributed by atoms with Crippen LogP contribution in [0.25, 0.3) is 11.0 Å². The summed E-state index contributed by atoms with van der Waals surface area (Å²) in [6, 6.07) is 17.7. The molecule has 4 aromatic rings. The van der Waals surface area contributed by atoms with Gasteiger partial charge >= 0.3 is 17.8 Å². The predicted octanol–water partition coefficient (Wildman–Crippen LogP) is 7.48. The Labute approximate surface area is 271 Å². The smallest absolute Gasteiger partial charge is 0.422 e. The van der Waals surface area contributed by atoms with Crippen molar-refractivity contribution in [2.75, 3.05) is 5.32 Å². The highest BCUT2D eigenvalue weighted by molar-refractivity contribution is 6.48. The van der Waals surface area contributed by atoms with Gasteiger partial charge in [0.2, 0.25) is 11.6 Å². The van der Waals surface area contributed by atoms with Crippen LogP contribution in [0.2, 0.25) is 0 Å². The zero-order valence-electron chi connectivity index (χ0n) is 26.6. The molecule has 1 N–H and O–H groups in total. The third-order valence-electron chi connectivity index (χ3n) is 7.58. The molecule has 2 aromatic carbocycles. The van der Waals surface area contributed by atoms with Crippen LogP contribution in [0, 0.1) is 11.8 Å². The molecule has 0 saturated heterocycles. The highest BCUT2D eigenvalue weighted by Crippen LogP contribution is 2.23. The molecule has 1 amide bonds. The van der Waals surface area contributed by atoms with E-state index in [2.05, 4.69) is 15.6 Å². The SMILES string of the molecule is CCC(C)C/C(=N\OC(=O)n1cccc1)C(=O)c1cc2c(C(=O)/C(CC(C)CC)=N/OC(=O)Nc3ccccc3)cccc2oc1=O. The Morgan fingerprint density at radius 1 is 0.787 bits per heavy atom. The van der Waals surface area contributed by atoms with E-state index in [0.29, 0.717) is 12.1 Å². The molecule has 12 nitrogen and oxygen atoms in total. The lowest BCUT2D eigenvalue weighted by atomic mass is 9.93. The van der Waals surface area contributed by atoms with Gasteiger partial charge in [0.05, 0.1) is 0 Å². The number of nitrogens with one attached hydrogen (secondary N) is 1. The van der Waals surface area contributed by atoms with Gasteiger partial charge in [-0.2, -0.15) is 0 Å². The maximum Gasteiger partial charge on any atom is 0.444 e. The van der Waals surface area contributed by atoms with Gasteiger partial charge in [0.15, 0.2) is 0 Å². The first-order valence-corrected chi connectivity index (χ1v) is 15.3. The number of oxime groups is 2. The number of amides is 1. The predicted molar refractivity (Wildman–Crippen MR) is 177 cm³/mol. The molecular weight excluding hydrogens is 604 g/mol. The Morgan fingerprint density at radius 2 is 1.38 bits per heavy atom. The summed E-state index contributed by atoms with van der Waals surface area (Å²) in [5.41, 5.74) is -0.918. The van der Waals surface area contributed by atoms with Crippen molar-refractivity contribution in [3.63, 3.8) is 0 Å². The molecule has 47 heavy (non-hydrogen) atoms. The van der Waals surface area contributed by atoms with Gasteiger partial charge < -0.3 is 4.42 Å². The standard InChI is InChI=1S/C35H36N4O8/c1-5-22(3)19-28(37-46-34(43)36-24-13-8-7-9-14-24)31(40)25-15-12-16-30-26(25)21-27(33(42)45-30)32(41)29(20-23(4)6-2)38-47-35(44)39-17-10-11-18-39/h7-18,21-23H,5-6,19-20H2,1-4H3,(H,36,43)/b37-28+,38-29+. The van der Waals surface area contributed by atoms with E-state index in [1.54, 1.807) is 42.5 Å². The van der Waals surface area contributed by atoms with Crippen LogP contribution >= 0.6 is 0 Å². The molecule has 2 aromatic heterocycles. The summed E-state index contributed by atoms with van der Waals surface area (Å²) in [5.74, 6) is -1.41. The fourth-order valence-electron chi connectivity index (χ4n) is 4.46. The topological polar surface area (TPSA) is 159 Å². The minimum absolute atomic E-state index is 0.0112. The lowest BCUT2D eigenvalue weighted by molar-refractivity contribution is 0.104. The molecule has 244 valence electrons. The molecule has 0 bridgehead atoms. The lowest BCUT2D eigenvalue weighted by Crippen LogP contribution is -2.25. The van der Waals surface area contributed by atoms with Gasteiger partial charge in [0, 0.05) is 29.0 Å². The molecule has 0 aliphatic heterocycles. The number of aromatic nitrogens is 1. The summed E-state index contributed by atoms with van der Waals surface area (Å²) >= 11 is 0. The fourth-order valence-corrected chi connectivity index (χ4v) is 4.46. The van der Waals surface area contributed by atoms with E-state index in [4.69, 9.17) is 14.1 Å². The van der Waals surface area contributed by atoms with E-state index in [-0.39, 0.29) is 52.6 Å². The van der Waals surface area contributed by atoms with Gasteiger partial charge in [-0.1, -0.05) is 81.2 Å². The number of rotatable bonds is 13. The maximum atomic E-state index is 13.9. The molecule has 0 fully saturated rings. The summed E-state index contributed by atoms with van der Waals surface area (Å²) in [7, 11) is 0. The molecular formula is C35H36N4O8. The number of anilines is 1. The normalized spacial score (nSPS) is 13.1. The van der Waals surface area contributed by atoms with E-state index in [1.165, 1.54) is 36.7 Å². The quantitative estimate of drug-likeness (QED) is 0.0518. The third-order valence-corrected chi connectivity index (χ3v) is 7.58. The first-order valence-electron chi connectivity index (χ1n) is 15.3. The minimum atomic E-state index is -0.949. The summed E-state index contributed by atoms with van der Waals surface area (Å²) in [6.07, 6.45) is 2.91. The number of fused-ring (bicyclic) bond motifs is 1. The second-order valence-corrected chi connectivity index (χ2v) is 11.2. The zero-order chi connectivity index (χ0) is 33.9. The van der Waals surface area contributed by atoms with E-state index in [1.807, 2.05) is 27.7 Å². The molecule has 12 heteroatoms. The Hall–Kier alpha value is -5.65. The van der Waals surface area contributed by atoms with Gasteiger partial charge in [-0.3, -0.25) is 29.1 Å². The van der Waals surface area contributed by atoms with Crippen molar-refractivity contribution >= 4 is 51.8 Å². The number of benzene rings is 2. The Balaban J connectivity index is 1.70. The number of nitrogens with zero attached hydrogens (tertiary/aromatic N) is 3. The molecule has 0 radical (unpaired) electrons. The van der Waals surface area contributed by atoms with E-state index in [9.17, 15) is 24.0 Å². The van der Waals surface area contributed by atoms with Crippen molar-refractivity contribution in [3.8, 4) is 0 Å². The average Bonchev–Trinajstić information content (AvgIpc) is 3.63. The summed E-state index contributed by atoms with van der Waals surface area (Å²) < 4.78 is 6.63. The van der Waals surface area contributed by atoms with Crippen molar-refractivity contribution in [1.82, 2.24) is 4.57 Å². The Kier molecular flexibility index (Phi) is 11.7. The van der Waals surface area contributed by atoms with E-state index >= 15 is 0 Å². The minimum Gasteiger partial charge on any atom is -0.422 e. The summed E-state index contributed by atoms with van der Waals surface area (Å²) in [4.78, 5) is 75.6. The van der Waals surface area contributed by atoms with Gasteiger partial charge in [-0.05, 0) is 61.1 Å². The molecule has 4 rings (SSSR count). The largest absolute Gasteiger partial charge is 0.444 e. The van der Waals surface area contributed by atoms with Gasteiger partial charge in [0.25, 0.3) is 0 Å². The number of carbonyl (C=O) groups excluding carboxylic acids is 4. The Morgan fingerprint density at radius 3 is 2.00 bits per heavy atom. The number of ketones is 2. The Bertz CT molecular complexity index is 1860. The van der Waals surface area contributed by atoms with Crippen LogP contribution in [-0.2, 0) is 9.68 Å². The van der Waals surface area contributed by atoms with E-state index < -0.39 is 34.9 Å². The molecule has 0 spiro atoms. The molecule has 2 heterocycles. The molecule has 0 aliphatic rings. The van der Waals surface area contributed by atoms with Gasteiger partial charge in [-0.15, -0.1) is 0 Å². The van der Waals surface area contributed by atoms with Crippen LogP contribution in [0.1, 0.15) is 74.1 Å². The fraction of sp³-hybridized carbons (Fsp3) is 0.286. The van der Waals surface area contributed by atoms with Crippen LogP contribution < -0.4 is 10.9 Å². The lowest BCUT2D eigenvalue weighted by Gasteiger charge is -2.13. The molecule has 2 unspecified atom stereocenters. The summed E-state index contributed by atoms with van der Waals surface area (Å²) in [5, 5.41) is 10.5. The molecule has 0 aliphatic carbocycles. The van der Waals surface area contributed by atoms with Gasteiger partial charge in [0.1, 0.15) is 22.6 Å². The number of carbonyl (C=O) groups is 4. The summed E-state index contributed by atoms with van der Waals surface area (Å²) in [6.45, 7) is 7.69. The maximum absolute atomic E-state index is 13.9. The number of para-hydroxylation sites is 1. The van der Waals surface area contributed by atoms with Crippen LogP contribution in [-0.4, -0.2) is 39.7 Å². The average molecular weight is 641 g/mol. The van der Waals surface area contributed by atoms with Crippen molar-refractivity contribution < 1.29 is 33.3 Å². The van der Waals surface area contributed by atoms with Gasteiger partial charge in [-0.25, -0.2) is 14.4 Å². The first kappa shape index (κ1) is 34.2. The number of hydrogen-bond acceptors (Lipinski definition) is 10. The third kappa shape index (κ3) is 8.97. The van der Waals surface area contributed by atoms with Crippen LogP contribution in [0.5, 0.6) is 0 Å². The second kappa shape index (κ2) is 16.1. The van der Waals surface area contributed by atoms with Crippen LogP contribution in [0.15, 0.2) is 98.6 Å². The monoisotopic (exact) mass is 640 g/mol. The van der Waals surface area contributed by atoms with Crippen molar-refractivity contribution in [3.05, 3.63) is 101 Å². The zero-order valence-corrected chi connectivity index (χ0v) is 26.6. The van der Waals surface area contributed by atoms with Crippen molar-refractivity contribution in [2.24, 2.45) is 22.1 Å². The highest BCUT2D eigenvalue weighted by atomic mass is 16.7. The van der Waals surface area contributed by atoms with E-state index in [0.717, 1.165) is 11.0 Å².